The Morgan fingerprint density at radius 2 is 2.28 bits per heavy atom. The van der Waals surface area contributed by atoms with Crippen LogP contribution in [0.25, 0.3) is 5.82 Å². The minimum Gasteiger partial charge on any atom is -0.409 e. The Bertz CT molecular complexity index is 595. The van der Waals surface area contributed by atoms with Crippen LogP contribution in [0, 0.1) is 6.92 Å². The molecule has 0 saturated carbocycles. The Labute approximate surface area is 105 Å². The van der Waals surface area contributed by atoms with Gasteiger partial charge in [-0.3, -0.25) is 9.25 Å². The van der Waals surface area contributed by atoms with Gasteiger partial charge in [0, 0.05) is 25.9 Å². The molecule has 0 spiro atoms. The van der Waals surface area contributed by atoms with Crippen molar-refractivity contribution in [3.63, 3.8) is 0 Å². The minimum absolute atomic E-state index is 0.0475. The number of nitrogens with two attached hydrogens (primary N) is 1. The Morgan fingerprint density at radius 3 is 2.89 bits per heavy atom. The van der Waals surface area contributed by atoms with Crippen molar-refractivity contribution in [2.45, 2.75) is 20.3 Å². The largest absolute Gasteiger partial charge is 0.409 e. The molecule has 0 saturated heterocycles. The van der Waals surface area contributed by atoms with E-state index in [0.717, 1.165) is 18.1 Å². The summed E-state index contributed by atoms with van der Waals surface area (Å²) >= 11 is 0. The third kappa shape index (κ3) is 1.73. The Hall–Kier alpha value is -2.31. The van der Waals surface area contributed by atoms with Crippen molar-refractivity contribution in [3.05, 3.63) is 29.5 Å². The first-order valence-electron chi connectivity index (χ1n) is 5.64. The Kier molecular flexibility index (Phi) is 3.05. The molecule has 0 fully saturated rings. The van der Waals surface area contributed by atoms with Gasteiger partial charge in [-0.15, -0.1) is 0 Å². The van der Waals surface area contributed by atoms with E-state index in [1.54, 1.807) is 10.9 Å². The Balaban J connectivity index is 2.71. The fourth-order valence-electron chi connectivity index (χ4n) is 2.06. The lowest BCUT2D eigenvalue weighted by Gasteiger charge is -2.09. The summed E-state index contributed by atoms with van der Waals surface area (Å²) in [5.41, 5.74) is 7.05. The number of aryl methyl sites for hydroxylation is 3. The van der Waals surface area contributed by atoms with Crippen molar-refractivity contribution in [2.24, 2.45) is 17.9 Å². The first-order valence-corrected chi connectivity index (χ1v) is 5.64. The molecule has 18 heavy (non-hydrogen) atoms. The molecule has 2 aromatic heterocycles. The van der Waals surface area contributed by atoms with E-state index in [0.29, 0.717) is 11.3 Å². The van der Waals surface area contributed by atoms with Crippen LogP contribution in [0.2, 0.25) is 0 Å². The molecule has 0 unspecified atom stereocenters. The lowest BCUT2D eigenvalue weighted by atomic mass is 10.2. The van der Waals surface area contributed by atoms with Crippen molar-refractivity contribution in [1.82, 2.24) is 19.3 Å². The quantitative estimate of drug-likeness (QED) is 0.359. The smallest absolute Gasteiger partial charge is 0.175 e. The maximum absolute atomic E-state index is 8.87. The van der Waals surface area contributed by atoms with E-state index in [4.69, 9.17) is 10.9 Å². The van der Waals surface area contributed by atoms with Crippen LogP contribution < -0.4 is 5.73 Å². The zero-order valence-electron chi connectivity index (χ0n) is 10.6. The van der Waals surface area contributed by atoms with Crippen molar-refractivity contribution >= 4 is 5.84 Å². The molecular weight excluding hydrogens is 232 g/mol. The number of oxime groups is 1. The van der Waals surface area contributed by atoms with Gasteiger partial charge in [-0.25, -0.2) is 4.98 Å². The molecule has 7 heteroatoms. The van der Waals surface area contributed by atoms with Crippen LogP contribution in [0.15, 0.2) is 17.5 Å². The van der Waals surface area contributed by atoms with Crippen LogP contribution >= 0.6 is 0 Å². The average Bonchev–Trinajstić information content (AvgIpc) is 2.91. The molecule has 96 valence electrons. The topological polar surface area (TPSA) is 94.2 Å². The number of imidazole rings is 1. The fourth-order valence-corrected chi connectivity index (χ4v) is 2.06. The second-order valence-electron chi connectivity index (χ2n) is 3.96. The minimum atomic E-state index is 0.0475. The standard InChI is InChI=1S/C11H16N6O/c1-4-8-13-5-6-17(8)11-9(10(12)15-18)7(2)14-16(11)3/h5-6,18H,4H2,1-3H3,(H2,12,15). The molecule has 3 N–H and O–H groups in total. The summed E-state index contributed by atoms with van der Waals surface area (Å²) < 4.78 is 3.59. The maximum atomic E-state index is 8.87. The van der Waals surface area contributed by atoms with Gasteiger partial charge in [-0.2, -0.15) is 5.10 Å². The van der Waals surface area contributed by atoms with Gasteiger partial charge in [0.15, 0.2) is 5.84 Å². The van der Waals surface area contributed by atoms with Gasteiger partial charge in [-0.05, 0) is 6.92 Å². The second kappa shape index (κ2) is 4.52. The van der Waals surface area contributed by atoms with E-state index in [-0.39, 0.29) is 5.84 Å². The molecule has 0 amide bonds. The van der Waals surface area contributed by atoms with E-state index in [1.165, 1.54) is 0 Å². The van der Waals surface area contributed by atoms with Gasteiger partial charge in [0.05, 0.1) is 11.3 Å². The van der Waals surface area contributed by atoms with Crippen molar-refractivity contribution < 1.29 is 5.21 Å². The number of hydrogen-bond donors (Lipinski definition) is 2. The molecule has 2 aromatic rings. The molecule has 2 rings (SSSR count). The van der Waals surface area contributed by atoms with Crippen LogP contribution in [0.4, 0.5) is 0 Å². The first-order chi connectivity index (χ1) is 8.60. The number of hydrogen-bond acceptors (Lipinski definition) is 4. The van der Waals surface area contributed by atoms with E-state index < -0.39 is 0 Å². The summed E-state index contributed by atoms with van der Waals surface area (Å²) in [6.45, 7) is 3.84. The van der Waals surface area contributed by atoms with Crippen LogP contribution in [0.5, 0.6) is 0 Å². The van der Waals surface area contributed by atoms with Crippen LogP contribution in [-0.4, -0.2) is 30.4 Å². The van der Waals surface area contributed by atoms with Gasteiger partial charge in [0.25, 0.3) is 0 Å². The highest BCUT2D eigenvalue weighted by Crippen LogP contribution is 2.19. The van der Waals surface area contributed by atoms with Crippen LogP contribution in [0.3, 0.4) is 0 Å². The summed E-state index contributed by atoms with van der Waals surface area (Å²) in [5, 5.41) is 16.2. The van der Waals surface area contributed by atoms with E-state index in [9.17, 15) is 0 Å². The van der Waals surface area contributed by atoms with Gasteiger partial charge < -0.3 is 10.9 Å². The molecule has 0 radical (unpaired) electrons. The lowest BCUT2D eigenvalue weighted by Crippen LogP contribution is -2.18. The van der Waals surface area contributed by atoms with E-state index in [1.807, 2.05) is 31.7 Å². The predicted octanol–water partition coefficient (Wildman–Crippen LogP) is 0.571. The normalized spacial score (nSPS) is 12.1. The molecule has 0 aliphatic carbocycles. The number of amidine groups is 1. The second-order valence-corrected chi connectivity index (χ2v) is 3.96. The summed E-state index contributed by atoms with van der Waals surface area (Å²) in [4.78, 5) is 4.27. The fraction of sp³-hybridized carbons (Fsp3) is 0.364. The van der Waals surface area contributed by atoms with Crippen molar-refractivity contribution in [2.75, 3.05) is 0 Å². The third-order valence-electron chi connectivity index (χ3n) is 2.82. The molecule has 0 bridgehead atoms. The summed E-state index contributed by atoms with van der Waals surface area (Å²) in [6, 6.07) is 0. The molecule has 2 heterocycles. The first kappa shape index (κ1) is 12.2. The van der Waals surface area contributed by atoms with Crippen LogP contribution in [-0.2, 0) is 13.5 Å². The zero-order valence-corrected chi connectivity index (χ0v) is 10.6. The predicted molar refractivity (Wildman–Crippen MR) is 67.0 cm³/mol. The molecule has 0 aromatic carbocycles. The number of aromatic nitrogens is 4. The molecule has 0 aliphatic rings. The average molecular weight is 248 g/mol. The highest BCUT2D eigenvalue weighted by molar-refractivity contribution is 6.01. The van der Waals surface area contributed by atoms with E-state index in [2.05, 4.69) is 15.2 Å². The molecular formula is C11H16N6O. The van der Waals surface area contributed by atoms with Crippen molar-refractivity contribution in [1.29, 1.82) is 0 Å². The maximum Gasteiger partial charge on any atom is 0.175 e. The van der Waals surface area contributed by atoms with Gasteiger partial charge in [-0.1, -0.05) is 12.1 Å². The van der Waals surface area contributed by atoms with Crippen molar-refractivity contribution in [3.8, 4) is 5.82 Å². The van der Waals surface area contributed by atoms with E-state index >= 15 is 0 Å². The molecule has 7 nitrogen and oxygen atoms in total. The van der Waals surface area contributed by atoms with Crippen LogP contribution in [0.1, 0.15) is 24.0 Å². The number of rotatable bonds is 3. The number of nitrogens with zero attached hydrogens (tertiary/aromatic N) is 5. The molecule has 0 atom stereocenters. The molecule has 0 aliphatic heterocycles. The highest BCUT2D eigenvalue weighted by Gasteiger charge is 2.20. The highest BCUT2D eigenvalue weighted by atomic mass is 16.4. The summed E-state index contributed by atoms with van der Waals surface area (Å²) in [7, 11) is 1.82. The monoisotopic (exact) mass is 248 g/mol. The van der Waals surface area contributed by atoms with Gasteiger partial charge in [0.2, 0.25) is 0 Å². The summed E-state index contributed by atoms with van der Waals surface area (Å²) in [5.74, 6) is 1.69. The zero-order chi connectivity index (χ0) is 13.3. The van der Waals surface area contributed by atoms with Gasteiger partial charge in [0.1, 0.15) is 11.6 Å². The lowest BCUT2D eigenvalue weighted by molar-refractivity contribution is 0.318. The summed E-state index contributed by atoms with van der Waals surface area (Å²) in [6.07, 6.45) is 4.34. The SMILES string of the molecule is CCc1nccn1-c1c(C(N)=NO)c(C)nn1C. The van der Waals surface area contributed by atoms with Gasteiger partial charge >= 0.3 is 0 Å². The third-order valence-corrected chi connectivity index (χ3v) is 2.82. The Morgan fingerprint density at radius 1 is 1.56 bits per heavy atom.